The Labute approximate surface area is 117 Å². The Morgan fingerprint density at radius 2 is 2.25 bits per heavy atom. The molecule has 1 fully saturated rings. The molecule has 0 aliphatic heterocycles. The van der Waals surface area contributed by atoms with Crippen molar-refractivity contribution >= 4 is 11.6 Å². The predicted octanol–water partition coefficient (Wildman–Crippen LogP) is 2.47. The molecule has 0 aromatic carbocycles. The molecule has 3 rings (SSSR count). The van der Waals surface area contributed by atoms with Gasteiger partial charge in [-0.1, -0.05) is 0 Å². The minimum absolute atomic E-state index is 0.555. The number of nitrogens with one attached hydrogen (secondary N) is 2. The van der Waals surface area contributed by atoms with Crippen LogP contribution in [0.3, 0.4) is 0 Å². The van der Waals surface area contributed by atoms with Gasteiger partial charge in [0.1, 0.15) is 5.82 Å². The lowest BCUT2D eigenvalue weighted by Gasteiger charge is -2.05. The minimum atomic E-state index is -0.604. The van der Waals surface area contributed by atoms with Crippen LogP contribution in [0.15, 0.2) is 18.5 Å². The van der Waals surface area contributed by atoms with Crippen molar-refractivity contribution in [2.24, 2.45) is 0 Å². The molecule has 1 aliphatic rings. The topological polar surface area (TPSA) is 86.7 Å². The molecule has 2 aromatic heterocycles. The lowest BCUT2D eigenvalue weighted by molar-refractivity contribution is 0.194. The van der Waals surface area contributed by atoms with E-state index in [-0.39, 0.29) is 0 Å². The summed E-state index contributed by atoms with van der Waals surface area (Å²) in [6.07, 6.45) is 8.35. The molecule has 1 saturated carbocycles. The van der Waals surface area contributed by atoms with Crippen molar-refractivity contribution in [2.45, 2.75) is 38.2 Å². The van der Waals surface area contributed by atoms with Crippen LogP contribution in [0.2, 0.25) is 0 Å². The first-order valence-corrected chi connectivity index (χ1v) is 6.86. The maximum Gasteiger partial charge on any atom is 0.153 e. The van der Waals surface area contributed by atoms with Gasteiger partial charge in [-0.2, -0.15) is 5.10 Å². The Morgan fingerprint density at radius 1 is 1.35 bits per heavy atom. The van der Waals surface area contributed by atoms with Crippen LogP contribution in [-0.4, -0.2) is 25.3 Å². The number of H-pyrrole nitrogens is 1. The Kier molecular flexibility index (Phi) is 3.64. The summed E-state index contributed by atoms with van der Waals surface area (Å²) in [6, 6.07) is 2.02. The van der Waals surface area contributed by atoms with E-state index >= 15 is 0 Å². The first-order valence-electron chi connectivity index (χ1n) is 6.86. The second-order valence-corrected chi connectivity index (χ2v) is 5.13. The van der Waals surface area contributed by atoms with Crippen molar-refractivity contribution in [2.75, 3.05) is 5.32 Å². The van der Waals surface area contributed by atoms with Gasteiger partial charge >= 0.3 is 0 Å². The first kappa shape index (κ1) is 13.1. The van der Waals surface area contributed by atoms with E-state index in [1.54, 1.807) is 19.3 Å². The lowest BCUT2D eigenvalue weighted by atomic mass is 10.0. The highest BCUT2D eigenvalue weighted by atomic mass is 16.3. The quantitative estimate of drug-likeness (QED) is 0.796. The molecule has 0 bridgehead atoms. The molecule has 0 spiro atoms. The van der Waals surface area contributed by atoms with Crippen LogP contribution < -0.4 is 5.32 Å². The summed E-state index contributed by atoms with van der Waals surface area (Å²) in [7, 11) is 0. The SMILES string of the molecule is C[C@H](O)c1cnc(Nc2cc([C@H]3C[CH]CC3)[nH]n2)cn1. The number of aromatic nitrogens is 4. The fourth-order valence-corrected chi connectivity index (χ4v) is 2.40. The fourth-order valence-electron chi connectivity index (χ4n) is 2.40. The molecule has 105 valence electrons. The molecule has 2 atom stereocenters. The maximum absolute atomic E-state index is 9.39. The van der Waals surface area contributed by atoms with Gasteiger partial charge in [0.25, 0.3) is 0 Å². The Hall–Kier alpha value is -1.95. The van der Waals surface area contributed by atoms with E-state index < -0.39 is 6.10 Å². The summed E-state index contributed by atoms with van der Waals surface area (Å²) >= 11 is 0. The summed E-state index contributed by atoms with van der Waals surface area (Å²) in [6.45, 7) is 1.66. The zero-order chi connectivity index (χ0) is 13.9. The lowest BCUT2D eigenvalue weighted by Crippen LogP contribution is -2.00. The smallest absolute Gasteiger partial charge is 0.153 e. The van der Waals surface area contributed by atoms with Gasteiger partial charge in [-0.05, 0) is 32.6 Å². The van der Waals surface area contributed by atoms with E-state index in [1.165, 1.54) is 12.8 Å². The third kappa shape index (κ3) is 2.80. The summed E-state index contributed by atoms with van der Waals surface area (Å²) in [5.41, 5.74) is 1.72. The van der Waals surface area contributed by atoms with E-state index in [9.17, 15) is 5.11 Å². The van der Waals surface area contributed by atoms with E-state index in [0.29, 0.717) is 17.4 Å². The van der Waals surface area contributed by atoms with E-state index in [2.05, 4.69) is 31.9 Å². The Bertz CT molecular complexity index is 557. The molecular formula is C14H18N5O. The van der Waals surface area contributed by atoms with Crippen molar-refractivity contribution in [3.05, 3.63) is 36.3 Å². The van der Waals surface area contributed by atoms with Gasteiger partial charge in [-0.3, -0.25) is 10.1 Å². The average Bonchev–Trinajstić information content (AvgIpc) is 3.09. The van der Waals surface area contributed by atoms with Crippen molar-refractivity contribution < 1.29 is 5.11 Å². The molecule has 0 amide bonds. The van der Waals surface area contributed by atoms with E-state index in [1.807, 2.05) is 6.07 Å². The highest BCUT2D eigenvalue weighted by Gasteiger charge is 2.19. The van der Waals surface area contributed by atoms with E-state index in [0.717, 1.165) is 17.9 Å². The van der Waals surface area contributed by atoms with Gasteiger partial charge < -0.3 is 10.4 Å². The first-order chi connectivity index (χ1) is 9.72. The van der Waals surface area contributed by atoms with Crippen molar-refractivity contribution in [1.29, 1.82) is 0 Å². The predicted molar refractivity (Wildman–Crippen MR) is 75.4 cm³/mol. The molecule has 1 radical (unpaired) electrons. The summed E-state index contributed by atoms with van der Waals surface area (Å²) in [5.74, 6) is 1.91. The second kappa shape index (κ2) is 5.58. The van der Waals surface area contributed by atoms with Gasteiger partial charge in [0, 0.05) is 17.7 Å². The molecule has 20 heavy (non-hydrogen) atoms. The van der Waals surface area contributed by atoms with Crippen LogP contribution in [-0.2, 0) is 0 Å². The maximum atomic E-state index is 9.39. The van der Waals surface area contributed by atoms with Crippen molar-refractivity contribution in [1.82, 2.24) is 20.2 Å². The van der Waals surface area contributed by atoms with Crippen LogP contribution in [0.5, 0.6) is 0 Å². The van der Waals surface area contributed by atoms with E-state index in [4.69, 9.17) is 0 Å². The molecule has 0 unspecified atom stereocenters. The summed E-state index contributed by atoms with van der Waals surface area (Å²) < 4.78 is 0. The zero-order valence-corrected chi connectivity index (χ0v) is 11.4. The zero-order valence-electron chi connectivity index (χ0n) is 11.4. The third-order valence-electron chi connectivity index (χ3n) is 3.56. The van der Waals surface area contributed by atoms with Gasteiger partial charge in [0.05, 0.1) is 24.2 Å². The number of rotatable bonds is 4. The number of aliphatic hydroxyl groups excluding tert-OH is 1. The number of aliphatic hydroxyl groups is 1. The number of hydrogen-bond donors (Lipinski definition) is 3. The number of hydrogen-bond acceptors (Lipinski definition) is 5. The third-order valence-corrected chi connectivity index (χ3v) is 3.56. The number of nitrogens with zero attached hydrogens (tertiary/aromatic N) is 3. The molecule has 0 saturated heterocycles. The normalized spacial score (nSPS) is 17.3. The molecule has 2 aromatic rings. The largest absolute Gasteiger partial charge is 0.387 e. The molecule has 6 nitrogen and oxygen atoms in total. The van der Waals surface area contributed by atoms with Crippen LogP contribution in [0.1, 0.15) is 49.6 Å². The second-order valence-electron chi connectivity index (χ2n) is 5.13. The standard InChI is InChI=1S/C14H18N5O/c1-9(20)12-7-16-14(8-15-12)17-13-6-11(18-19-13)10-4-2-3-5-10/h2,6-10,20H,3-5H2,1H3,(H2,16,17,18,19)/t9-,10-/m0/s1. The molecule has 6 heteroatoms. The molecule has 1 aliphatic carbocycles. The number of aromatic amines is 1. The number of anilines is 2. The monoisotopic (exact) mass is 272 g/mol. The van der Waals surface area contributed by atoms with Crippen LogP contribution in [0.25, 0.3) is 0 Å². The van der Waals surface area contributed by atoms with Crippen LogP contribution >= 0.6 is 0 Å². The van der Waals surface area contributed by atoms with Crippen LogP contribution in [0.4, 0.5) is 11.6 Å². The fraction of sp³-hybridized carbons (Fsp3) is 0.429. The summed E-state index contributed by atoms with van der Waals surface area (Å²) in [4.78, 5) is 8.35. The highest BCUT2D eigenvalue weighted by Crippen LogP contribution is 2.33. The highest BCUT2D eigenvalue weighted by molar-refractivity contribution is 5.50. The van der Waals surface area contributed by atoms with Gasteiger partial charge in [0.2, 0.25) is 0 Å². The molecular weight excluding hydrogens is 254 g/mol. The summed E-state index contributed by atoms with van der Waals surface area (Å²) in [5, 5.41) is 19.8. The van der Waals surface area contributed by atoms with Gasteiger partial charge in [0.15, 0.2) is 5.82 Å². The Balaban J connectivity index is 1.68. The van der Waals surface area contributed by atoms with Gasteiger partial charge in [-0.15, -0.1) is 0 Å². The molecule has 2 heterocycles. The Morgan fingerprint density at radius 3 is 2.90 bits per heavy atom. The average molecular weight is 272 g/mol. The minimum Gasteiger partial charge on any atom is -0.387 e. The van der Waals surface area contributed by atoms with Crippen LogP contribution in [0, 0.1) is 6.42 Å². The molecule has 3 N–H and O–H groups in total. The van der Waals surface area contributed by atoms with Crippen molar-refractivity contribution in [3.63, 3.8) is 0 Å². The van der Waals surface area contributed by atoms with Gasteiger partial charge in [-0.25, -0.2) is 4.98 Å². The van der Waals surface area contributed by atoms with Crippen molar-refractivity contribution in [3.8, 4) is 0 Å².